The van der Waals surface area contributed by atoms with Gasteiger partial charge in [-0.3, -0.25) is 4.90 Å². The lowest BCUT2D eigenvalue weighted by Crippen LogP contribution is -2.46. The molecule has 18 heavy (non-hydrogen) atoms. The highest BCUT2D eigenvalue weighted by Crippen LogP contribution is 2.09. The molecule has 1 aliphatic rings. The van der Waals surface area contributed by atoms with Crippen LogP contribution >= 0.6 is 15.9 Å². The van der Waals surface area contributed by atoms with E-state index >= 15 is 0 Å². The molecule has 2 nitrogen and oxygen atoms in total. The predicted octanol–water partition coefficient (Wildman–Crippen LogP) is 2.98. The minimum absolute atomic E-state index is 1.11. The number of hydrogen-bond donors (Lipinski definition) is 0. The molecule has 0 unspecified atom stereocenters. The van der Waals surface area contributed by atoms with Crippen LogP contribution < -0.4 is 0 Å². The van der Waals surface area contributed by atoms with E-state index in [2.05, 4.69) is 56.1 Å². The number of benzene rings is 1. The molecule has 1 aromatic rings. The van der Waals surface area contributed by atoms with Gasteiger partial charge in [-0.2, -0.15) is 0 Å². The lowest BCUT2D eigenvalue weighted by molar-refractivity contribution is 0.126. The van der Waals surface area contributed by atoms with Crippen LogP contribution in [0.3, 0.4) is 0 Å². The van der Waals surface area contributed by atoms with E-state index in [1.165, 1.54) is 51.1 Å². The van der Waals surface area contributed by atoms with E-state index in [4.69, 9.17) is 0 Å². The lowest BCUT2D eigenvalue weighted by Gasteiger charge is -2.34. The van der Waals surface area contributed by atoms with Crippen LogP contribution in [0.15, 0.2) is 30.3 Å². The van der Waals surface area contributed by atoms with Crippen molar-refractivity contribution in [2.75, 3.05) is 38.1 Å². The third kappa shape index (κ3) is 4.71. The lowest BCUT2D eigenvalue weighted by atomic mass is 10.2. The highest BCUT2D eigenvalue weighted by atomic mass is 79.9. The Balaban J connectivity index is 1.67. The molecule has 0 bridgehead atoms. The largest absolute Gasteiger partial charge is 0.301 e. The van der Waals surface area contributed by atoms with Gasteiger partial charge in [0.2, 0.25) is 0 Å². The number of nitrogens with zero attached hydrogens (tertiary/aromatic N) is 2. The molecule has 100 valence electrons. The number of piperazine rings is 1. The summed E-state index contributed by atoms with van der Waals surface area (Å²) < 4.78 is 0. The summed E-state index contributed by atoms with van der Waals surface area (Å²) in [5.74, 6) is 0. The SMILES string of the molecule is BrCCCCN1CCN(Cc2ccccc2)CC1. The van der Waals surface area contributed by atoms with E-state index in [1.54, 1.807) is 0 Å². The van der Waals surface area contributed by atoms with Crippen molar-refractivity contribution >= 4 is 15.9 Å². The van der Waals surface area contributed by atoms with Crippen molar-refractivity contribution in [1.82, 2.24) is 9.80 Å². The van der Waals surface area contributed by atoms with Gasteiger partial charge in [-0.1, -0.05) is 46.3 Å². The number of halogens is 1. The minimum Gasteiger partial charge on any atom is -0.301 e. The number of alkyl halides is 1. The maximum absolute atomic E-state index is 3.49. The van der Waals surface area contributed by atoms with Gasteiger partial charge in [0, 0.05) is 38.1 Å². The van der Waals surface area contributed by atoms with Crippen LogP contribution in [0.4, 0.5) is 0 Å². The van der Waals surface area contributed by atoms with Crippen LogP contribution in [0.2, 0.25) is 0 Å². The van der Waals surface area contributed by atoms with Gasteiger partial charge in [-0.15, -0.1) is 0 Å². The fourth-order valence-electron chi connectivity index (χ4n) is 2.44. The van der Waals surface area contributed by atoms with Crippen LogP contribution in [0, 0.1) is 0 Å². The van der Waals surface area contributed by atoms with Crippen LogP contribution in [0.5, 0.6) is 0 Å². The zero-order chi connectivity index (χ0) is 12.6. The molecule has 2 rings (SSSR count). The van der Waals surface area contributed by atoms with Gasteiger partial charge < -0.3 is 4.90 Å². The number of rotatable bonds is 6. The molecule has 1 fully saturated rings. The van der Waals surface area contributed by atoms with E-state index in [-0.39, 0.29) is 0 Å². The summed E-state index contributed by atoms with van der Waals surface area (Å²) in [6.07, 6.45) is 2.62. The minimum atomic E-state index is 1.11. The molecule has 0 atom stereocenters. The number of hydrogen-bond acceptors (Lipinski definition) is 2. The maximum atomic E-state index is 3.49. The van der Waals surface area contributed by atoms with Crippen LogP contribution in [-0.2, 0) is 6.54 Å². The molecule has 1 aromatic carbocycles. The Labute approximate surface area is 119 Å². The Kier molecular flexibility index (Phi) is 6.18. The van der Waals surface area contributed by atoms with Gasteiger partial charge in [0.05, 0.1) is 0 Å². The van der Waals surface area contributed by atoms with E-state index in [0.29, 0.717) is 0 Å². The molecule has 0 spiro atoms. The fraction of sp³-hybridized carbons (Fsp3) is 0.600. The van der Waals surface area contributed by atoms with Crippen LogP contribution in [0.25, 0.3) is 0 Å². The molecule has 0 aliphatic carbocycles. The molecule has 1 saturated heterocycles. The second-order valence-corrected chi connectivity index (χ2v) is 5.79. The first-order valence-corrected chi connectivity index (χ1v) is 8.05. The zero-order valence-corrected chi connectivity index (χ0v) is 12.6. The van der Waals surface area contributed by atoms with E-state index in [0.717, 1.165) is 11.9 Å². The summed E-state index contributed by atoms with van der Waals surface area (Å²) >= 11 is 3.49. The van der Waals surface area contributed by atoms with E-state index in [9.17, 15) is 0 Å². The van der Waals surface area contributed by atoms with Gasteiger partial charge in [-0.25, -0.2) is 0 Å². The smallest absolute Gasteiger partial charge is 0.0234 e. The topological polar surface area (TPSA) is 6.48 Å². The first-order chi connectivity index (χ1) is 8.88. The summed E-state index contributed by atoms with van der Waals surface area (Å²) in [6.45, 7) is 7.26. The molecular formula is C15H23BrN2. The number of unbranched alkanes of at least 4 members (excludes halogenated alkanes) is 1. The van der Waals surface area contributed by atoms with Crippen molar-refractivity contribution in [3.05, 3.63) is 35.9 Å². The van der Waals surface area contributed by atoms with Crippen molar-refractivity contribution in [2.24, 2.45) is 0 Å². The molecule has 0 saturated carbocycles. The Morgan fingerprint density at radius 2 is 1.56 bits per heavy atom. The second-order valence-electron chi connectivity index (χ2n) is 5.00. The average Bonchev–Trinajstić information content (AvgIpc) is 2.42. The van der Waals surface area contributed by atoms with Crippen molar-refractivity contribution in [1.29, 1.82) is 0 Å². The quantitative estimate of drug-likeness (QED) is 0.589. The van der Waals surface area contributed by atoms with Crippen molar-refractivity contribution in [3.8, 4) is 0 Å². The average molecular weight is 311 g/mol. The van der Waals surface area contributed by atoms with Gasteiger partial charge in [0.15, 0.2) is 0 Å². The summed E-state index contributed by atoms with van der Waals surface area (Å²) in [7, 11) is 0. The third-order valence-corrected chi connectivity index (χ3v) is 4.13. The predicted molar refractivity (Wildman–Crippen MR) is 81.2 cm³/mol. The Morgan fingerprint density at radius 1 is 0.889 bits per heavy atom. The van der Waals surface area contributed by atoms with Crippen molar-refractivity contribution in [2.45, 2.75) is 19.4 Å². The standard InChI is InChI=1S/C15H23BrN2/c16-8-4-5-9-17-10-12-18(13-11-17)14-15-6-2-1-3-7-15/h1-3,6-7H,4-5,8-14H2. The second kappa shape index (κ2) is 7.93. The zero-order valence-electron chi connectivity index (χ0n) is 11.0. The summed E-state index contributed by atoms with van der Waals surface area (Å²) in [6, 6.07) is 10.8. The summed E-state index contributed by atoms with van der Waals surface area (Å²) in [4.78, 5) is 5.17. The summed E-state index contributed by atoms with van der Waals surface area (Å²) in [5, 5.41) is 1.14. The van der Waals surface area contributed by atoms with E-state index < -0.39 is 0 Å². The fourth-order valence-corrected chi connectivity index (χ4v) is 2.84. The normalized spacial score (nSPS) is 18.1. The highest BCUT2D eigenvalue weighted by Gasteiger charge is 2.16. The molecule has 1 aliphatic heterocycles. The Hall–Kier alpha value is -0.380. The van der Waals surface area contributed by atoms with Crippen LogP contribution in [-0.4, -0.2) is 47.9 Å². The molecule has 0 amide bonds. The molecule has 0 N–H and O–H groups in total. The van der Waals surface area contributed by atoms with Crippen molar-refractivity contribution in [3.63, 3.8) is 0 Å². The van der Waals surface area contributed by atoms with Gasteiger partial charge in [-0.05, 0) is 24.9 Å². The molecular weight excluding hydrogens is 288 g/mol. The van der Waals surface area contributed by atoms with Gasteiger partial charge >= 0.3 is 0 Å². The highest BCUT2D eigenvalue weighted by molar-refractivity contribution is 9.09. The maximum Gasteiger partial charge on any atom is 0.0234 e. The van der Waals surface area contributed by atoms with Crippen molar-refractivity contribution < 1.29 is 0 Å². The Morgan fingerprint density at radius 3 is 2.22 bits per heavy atom. The molecule has 1 heterocycles. The Bertz CT molecular complexity index is 321. The molecule has 0 radical (unpaired) electrons. The van der Waals surface area contributed by atoms with Crippen LogP contribution in [0.1, 0.15) is 18.4 Å². The van der Waals surface area contributed by atoms with Gasteiger partial charge in [0.1, 0.15) is 0 Å². The third-order valence-electron chi connectivity index (χ3n) is 3.57. The van der Waals surface area contributed by atoms with E-state index in [1.807, 2.05) is 0 Å². The first-order valence-electron chi connectivity index (χ1n) is 6.93. The monoisotopic (exact) mass is 310 g/mol. The molecule has 3 heteroatoms. The first kappa shape index (κ1) is 14.0. The summed E-state index contributed by atoms with van der Waals surface area (Å²) in [5.41, 5.74) is 1.44. The van der Waals surface area contributed by atoms with Gasteiger partial charge in [0.25, 0.3) is 0 Å². The molecule has 0 aromatic heterocycles.